The molecule has 0 saturated heterocycles. The number of methoxy groups -OCH3 is 1. The lowest BCUT2D eigenvalue weighted by Crippen LogP contribution is -2.28. The summed E-state index contributed by atoms with van der Waals surface area (Å²) in [5.41, 5.74) is 0. The smallest absolute Gasteiger partial charge is 0.245 e. The van der Waals surface area contributed by atoms with Gasteiger partial charge >= 0.3 is 0 Å². The zero-order valence-corrected chi connectivity index (χ0v) is 7.76. The number of ether oxygens (including phenoxy) is 2. The minimum Gasteiger partial charge on any atom is -0.385 e. The van der Waals surface area contributed by atoms with Gasteiger partial charge in [-0.15, -0.1) is 0 Å². The molecule has 0 rings (SSSR count). The molecule has 0 unspecified atom stereocenters. The third kappa shape index (κ3) is 7.50. The topological polar surface area (TPSA) is 47.6 Å². The molecule has 72 valence electrons. The van der Waals surface area contributed by atoms with Crippen LogP contribution in [0.2, 0.25) is 0 Å². The van der Waals surface area contributed by atoms with Crippen LogP contribution in [0.25, 0.3) is 0 Å². The highest BCUT2D eigenvalue weighted by Crippen LogP contribution is 1.78. The maximum atomic E-state index is 10.9. The Balaban J connectivity index is 3.08. The average Bonchev–Trinajstić information content (AvgIpc) is 2.09. The molecule has 12 heavy (non-hydrogen) atoms. The van der Waals surface area contributed by atoms with E-state index in [0.29, 0.717) is 19.8 Å². The molecule has 0 fully saturated rings. The first-order valence-electron chi connectivity index (χ1n) is 4.14. The molecule has 0 aromatic carbocycles. The maximum absolute atomic E-state index is 10.9. The molecule has 1 N–H and O–H groups in total. The SMILES string of the molecule is CCOCC(=O)NCCCOC. The van der Waals surface area contributed by atoms with Gasteiger partial charge in [0.1, 0.15) is 6.61 Å². The number of hydrogen-bond acceptors (Lipinski definition) is 3. The molecule has 0 atom stereocenters. The first-order chi connectivity index (χ1) is 5.81. The van der Waals surface area contributed by atoms with Gasteiger partial charge in [-0.1, -0.05) is 0 Å². The van der Waals surface area contributed by atoms with Crippen LogP contribution in [0, 0.1) is 0 Å². The molecule has 0 saturated carbocycles. The highest BCUT2D eigenvalue weighted by molar-refractivity contribution is 5.77. The van der Waals surface area contributed by atoms with Gasteiger partial charge < -0.3 is 14.8 Å². The predicted molar refractivity (Wildman–Crippen MR) is 46.0 cm³/mol. The minimum absolute atomic E-state index is 0.0621. The van der Waals surface area contributed by atoms with Crippen molar-refractivity contribution in [1.29, 1.82) is 0 Å². The molecule has 0 aliphatic rings. The normalized spacial score (nSPS) is 9.83. The maximum Gasteiger partial charge on any atom is 0.245 e. The summed E-state index contributed by atoms with van der Waals surface area (Å²) in [7, 11) is 1.64. The van der Waals surface area contributed by atoms with E-state index in [4.69, 9.17) is 9.47 Å². The van der Waals surface area contributed by atoms with E-state index in [1.165, 1.54) is 0 Å². The van der Waals surface area contributed by atoms with Crippen LogP contribution in [-0.2, 0) is 14.3 Å². The van der Waals surface area contributed by atoms with Crippen molar-refractivity contribution in [1.82, 2.24) is 5.32 Å². The van der Waals surface area contributed by atoms with Gasteiger partial charge in [-0.05, 0) is 13.3 Å². The van der Waals surface area contributed by atoms with E-state index in [9.17, 15) is 4.79 Å². The highest BCUT2D eigenvalue weighted by Gasteiger charge is 1.97. The summed E-state index contributed by atoms with van der Waals surface area (Å²) >= 11 is 0. The van der Waals surface area contributed by atoms with E-state index in [2.05, 4.69) is 5.32 Å². The first kappa shape index (κ1) is 11.4. The first-order valence-corrected chi connectivity index (χ1v) is 4.14. The summed E-state index contributed by atoms with van der Waals surface area (Å²) in [6, 6.07) is 0. The lowest BCUT2D eigenvalue weighted by molar-refractivity contribution is -0.125. The van der Waals surface area contributed by atoms with Crippen molar-refractivity contribution in [2.75, 3.05) is 33.5 Å². The van der Waals surface area contributed by atoms with Crippen LogP contribution in [0.1, 0.15) is 13.3 Å². The number of amides is 1. The molecule has 0 aromatic heterocycles. The monoisotopic (exact) mass is 175 g/mol. The van der Waals surface area contributed by atoms with Gasteiger partial charge in [0, 0.05) is 26.9 Å². The summed E-state index contributed by atoms with van der Waals surface area (Å²) in [6.07, 6.45) is 0.842. The van der Waals surface area contributed by atoms with Crippen LogP contribution in [0.3, 0.4) is 0 Å². The van der Waals surface area contributed by atoms with E-state index < -0.39 is 0 Å². The van der Waals surface area contributed by atoms with E-state index >= 15 is 0 Å². The summed E-state index contributed by atoms with van der Waals surface area (Å²) in [6.45, 7) is 3.92. The minimum atomic E-state index is -0.0621. The zero-order valence-electron chi connectivity index (χ0n) is 7.76. The van der Waals surface area contributed by atoms with E-state index in [0.717, 1.165) is 6.42 Å². The number of carbonyl (C=O) groups excluding carboxylic acids is 1. The molecular weight excluding hydrogens is 158 g/mol. The number of carbonyl (C=O) groups is 1. The van der Waals surface area contributed by atoms with Crippen LogP contribution < -0.4 is 5.32 Å². The summed E-state index contributed by atoms with van der Waals surface area (Å²) in [4.78, 5) is 10.9. The second-order valence-electron chi connectivity index (χ2n) is 2.33. The average molecular weight is 175 g/mol. The third-order valence-electron chi connectivity index (χ3n) is 1.28. The van der Waals surface area contributed by atoms with Crippen LogP contribution in [0.15, 0.2) is 0 Å². The van der Waals surface area contributed by atoms with Gasteiger partial charge in [0.2, 0.25) is 5.91 Å². The van der Waals surface area contributed by atoms with Crippen molar-refractivity contribution in [2.24, 2.45) is 0 Å². The molecule has 4 heteroatoms. The number of nitrogens with one attached hydrogen (secondary N) is 1. The van der Waals surface area contributed by atoms with Crippen molar-refractivity contribution in [3.05, 3.63) is 0 Å². The van der Waals surface area contributed by atoms with Gasteiger partial charge in [-0.3, -0.25) is 4.79 Å². The van der Waals surface area contributed by atoms with Gasteiger partial charge in [0.15, 0.2) is 0 Å². The Labute approximate surface area is 73.2 Å². The second kappa shape index (κ2) is 8.49. The molecule has 0 aliphatic heterocycles. The van der Waals surface area contributed by atoms with Gasteiger partial charge in [-0.25, -0.2) is 0 Å². The van der Waals surface area contributed by atoms with Gasteiger partial charge in [-0.2, -0.15) is 0 Å². The Morgan fingerprint density at radius 1 is 1.50 bits per heavy atom. The Hall–Kier alpha value is -0.610. The molecule has 4 nitrogen and oxygen atoms in total. The molecule has 0 radical (unpaired) electrons. The van der Waals surface area contributed by atoms with E-state index in [-0.39, 0.29) is 12.5 Å². The molecular formula is C8H17NO3. The molecule has 0 spiro atoms. The Morgan fingerprint density at radius 3 is 2.83 bits per heavy atom. The van der Waals surface area contributed by atoms with E-state index in [1.807, 2.05) is 6.92 Å². The van der Waals surface area contributed by atoms with Crippen molar-refractivity contribution in [3.8, 4) is 0 Å². The molecule has 0 heterocycles. The molecule has 1 amide bonds. The van der Waals surface area contributed by atoms with Gasteiger partial charge in [0.25, 0.3) is 0 Å². The fourth-order valence-corrected chi connectivity index (χ4v) is 0.690. The summed E-state index contributed by atoms with van der Waals surface area (Å²) in [5.74, 6) is -0.0621. The molecule has 0 aromatic rings. The molecule has 0 aliphatic carbocycles. The van der Waals surface area contributed by atoms with Crippen LogP contribution >= 0.6 is 0 Å². The van der Waals surface area contributed by atoms with Crippen LogP contribution in [-0.4, -0.2) is 39.4 Å². The lowest BCUT2D eigenvalue weighted by atomic mass is 10.4. The summed E-state index contributed by atoms with van der Waals surface area (Å²) < 4.78 is 9.73. The fraction of sp³-hybridized carbons (Fsp3) is 0.875. The Bertz CT molecular complexity index is 117. The van der Waals surface area contributed by atoms with Gasteiger partial charge in [0.05, 0.1) is 0 Å². The lowest BCUT2D eigenvalue weighted by Gasteiger charge is -2.03. The third-order valence-corrected chi connectivity index (χ3v) is 1.28. The Morgan fingerprint density at radius 2 is 2.25 bits per heavy atom. The largest absolute Gasteiger partial charge is 0.385 e. The van der Waals surface area contributed by atoms with Crippen molar-refractivity contribution in [3.63, 3.8) is 0 Å². The second-order valence-corrected chi connectivity index (χ2v) is 2.33. The Kier molecular flexibility index (Phi) is 8.05. The van der Waals surface area contributed by atoms with Crippen molar-refractivity contribution >= 4 is 5.91 Å². The molecule has 0 bridgehead atoms. The highest BCUT2D eigenvalue weighted by atomic mass is 16.5. The van der Waals surface area contributed by atoms with E-state index in [1.54, 1.807) is 7.11 Å². The number of hydrogen-bond donors (Lipinski definition) is 1. The van der Waals surface area contributed by atoms with Crippen molar-refractivity contribution < 1.29 is 14.3 Å². The quantitative estimate of drug-likeness (QED) is 0.561. The van der Waals surface area contributed by atoms with Crippen LogP contribution in [0.5, 0.6) is 0 Å². The zero-order chi connectivity index (χ0) is 9.23. The van der Waals surface area contributed by atoms with Crippen molar-refractivity contribution in [2.45, 2.75) is 13.3 Å². The standard InChI is InChI=1S/C8H17NO3/c1-3-12-7-8(10)9-5-4-6-11-2/h3-7H2,1-2H3,(H,9,10). The summed E-state index contributed by atoms with van der Waals surface area (Å²) in [5, 5.41) is 2.71. The predicted octanol–water partition coefficient (Wildman–Crippen LogP) is 0.176. The van der Waals surface area contributed by atoms with Crippen LogP contribution in [0.4, 0.5) is 0 Å². The number of rotatable bonds is 7. The fourth-order valence-electron chi connectivity index (χ4n) is 0.690.